The van der Waals surface area contributed by atoms with Gasteiger partial charge in [0.2, 0.25) is 0 Å². The maximum atomic E-state index is 10.8. The molecule has 0 saturated carbocycles. The second kappa shape index (κ2) is 10.1. The van der Waals surface area contributed by atoms with Crippen LogP contribution in [0.1, 0.15) is 16.1 Å². The van der Waals surface area contributed by atoms with Gasteiger partial charge in [-0.25, -0.2) is 10.3 Å². The summed E-state index contributed by atoms with van der Waals surface area (Å²) in [6.45, 7) is 1.82. The lowest BCUT2D eigenvalue weighted by atomic mass is 10.2. The van der Waals surface area contributed by atoms with E-state index >= 15 is 0 Å². The van der Waals surface area contributed by atoms with E-state index in [1.54, 1.807) is 18.2 Å². The molecule has 0 amide bonds. The number of aromatic carboxylic acids is 1. The summed E-state index contributed by atoms with van der Waals surface area (Å²) < 4.78 is 8.03. The van der Waals surface area contributed by atoms with Crippen LogP contribution in [0.2, 0.25) is 0 Å². The van der Waals surface area contributed by atoms with Gasteiger partial charge in [0, 0.05) is 18.1 Å². The molecular formula is C18H19N3O6S. The summed E-state index contributed by atoms with van der Waals surface area (Å²) in [5.74, 6) is 0.0956. The summed E-state index contributed by atoms with van der Waals surface area (Å²) >= 11 is 1.38. The van der Waals surface area contributed by atoms with Gasteiger partial charge in [0.25, 0.3) is 0 Å². The van der Waals surface area contributed by atoms with Gasteiger partial charge in [-0.3, -0.25) is 0 Å². The molecule has 0 aliphatic carbocycles. The van der Waals surface area contributed by atoms with Gasteiger partial charge in [0.05, 0.1) is 11.3 Å². The minimum absolute atomic E-state index is 0.0222. The van der Waals surface area contributed by atoms with Crippen molar-refractivity contribution in [1.82, 2.24) is 5.16 Å². The number of aryl methyl sites for hydroxylation is 1. The molecule has 3 rings (SSSR count). The molecule has 28 heavy (non-hydrogen) atoms. The van der Waals surface area contributed by atoms with Crippen molar-refractivity contribution in [3.63, 3.8) is 0 Å². The van der Waals surface area contributed by atoms with E-state index in [1.165, 1.54) is 24.1 Å². The lowest BCUT2D eigenvalue weighted by Gasteiger charge is -2.10. The maximum Gasteiger partial charge on any atom is 0.335 e. The molecule has 2 aromatic carbocycles. The average molecular weight is 405 g/mol. The second-order valence-corrected chi connectivity index (χ2v) is 6.12. The lowest BCUT2D eigenvalue weighted by Crippen LogP contribution is -2.05. The second-order valence-electron chi connectivity index (χ2n) is 5.24. The van der Waals surface area contributed by atoms with Gasteiger partial charge < -0.3 is 29.4 Å². The van der Waals surface area contributed by atoms with Crippen molar-refractivity contribution in [2.45, 2.75) is 11.8 Å². The molecule has 1 aromatic heterocycles. The van der Waals surface area contributed by atoms with Crippen molar-refractivity contribution in [3.8, 4) is 11.5 Å². The normalized spacial score (nSPS) is 9.82. The maximum absolute atomic E-state index is 10.8. The molecular weight excluding hydrogens is 386 g/mol. The Kier molecular flexibility index (Phi) is 7.55. The molecule has 148 valence electrons. The fraction of sp³-hybridized carbons (Fsp3) is 0.111. The van der Waals surface area contributed by atoms with Crippen LogP contribution in [0.25, 0.3) is 0 Å². The van der Waals surface area contributed by atoms with Gasteiger partial charge in [-0.1, -0.05) is 5.16 Å². The van der Waals surface area contributed by atoms with Crippen molar-refractivity contribution < 1.29 is 29.5 Å². The zero-order valence-corrected chi connectivity index (χ0v) is 15.9. The molecule has 0 spiro atoms. The Hall–Kier alpha value is -3.37. The number of aliphatic hydroxyl groups excluding tert-OH is 1. The smallest absolute Gasteiger partial charge is 0.335 e. The summed E-state index contributed by atoms with van der Waals surface area (Å²) in [6, 6.07) is 12.9. The van der Waals surface area contributed by atoms with Crippen molar-refractivity contribution in [2.75, 3.05) is 17.3 Å². The fourth-order valence-electron chi connectivity index (χ4n) is 1.97. The summed E-state index contributed by atoms with van der Waals surface area (Å²) in [7, 11) is 1.00. The zero-order valence-electron chi connectivity index (χ0n) is 15.0. The van der Waals surface area contributed by atoms with E-state index in [0.717, 1.165) is 23.8 Å². The summed E-state index contributed by atoms with van der Waals surface area (Å²) in [6.07, 6.45) is 0. The van der Waals surface area contributed by atoms with E-state index in [0.29, 0.717) is 11.5 Å². The third-order valence-corrected chi connectivity index (χ3v) is 4.06. The number of phenolic OH excluding ortho intramolecular Hbond substituents is 1. The molecule has 0 aliphatic heterocycles. The molecule has 0 fully saturated rings. The van der Waals surface area contributed by atoms with E-state index in [4.69, 9.17) is 19.6 Å². The predicted octanol–water partition coefficient (Wildman–Crippen LogP) is 3.52. The molecule has 1 heterocycles. The molecule has 10 heteroatoms. The van der Waals surface area contributed by atoms with E-state index in [1.807, 2.05) is 19.1 Å². The van der Waals surface area contributed by atoms with Crippen molar-refractivity contribution >= 4 is 29.4 Å². The molecule has 5 N–H and O–H groups in total. The molecule has 0 aliphatic rings. The number of hydrogen-bond donors (Lipinski definition) is 5. The van der Waals surface area contributed by atoms with Gasteiger partial charge in [-0.05, 0) is 61.3 Å². The Morgan fingerprint density at radius 2 is 1.86 bits per heavy atom. The van der Waals surface area contributed by atoms with E-state index in [2.05, 4.69) is 15.4 Å². The van der Waals surface area contributed by atoms with Gasteiger partial charge in [0.1, 0.15) is 5.76 Å². The number of aromatic hydroxyl groups is 1. The van der Waals surface area contributed by atoms with Crippen molar-refractivity contribution in [2.24, 2.45) is 0 Å². The number of carboxylic acid groups (broad SMARTS) is 1. The first-order chi connectivity index (χ1) is 13.5. The van der Waals surface area contributed by atoms with Crippen LogP contribution in [0.5, 0.6) is 11.5 Å². The van der Waals surface area contributed by atoms with Crippen LogP contribution in [-0.4, -0.2) is 33.6 Å². The van der Waals surface area contributed by atoms with Crippen LogP contribution in [-0.2, 0) is 0 Å². The van der Waals surface area contributed by atoms with Crippen LogP contribution >= 0.6 is 11.9 Å². The summed E-state index contributed by atoms with van der Waals surface area (Å²) in [4.78, 5) is 17.1. The first kappa shape index (κ1) is 20.9. The minimum atomic E-state index is -1.12. The Labute approximate surface area is 165 Å². The zero-order chi connectivity index (χ0) is 20.5. The molecule has 9 nitrogen and oxygen atoms in total. The molecule has 0 atom stereocenters. The van der Waals surface area contributed by atoms with E-state index in [-0.39, 0.29) is 17.1 Å². The van der Waals surface area contributed by atoms with Crippen molar-refractivity contribution in [1.29, 1.82) is 0 Å². The predicted molar refractivity (Wildman–Crippen MR) is 105 cm³/mol. The number of carbonyl (C=O) groups is 1. The fourth-order valence-corrected chi connectivity index (χ4v) is 2.56. The number of hydrogen-bond acceptors (Lipinski definition) is 9. The van der Waals surface area contributed by atoms with E-state index in [9.17, 15) is 9.90 Å². The SMILES string of the molecule is CO.Cc1cc(NSc2ccc(NOc3ccc(C(=O)O)cc3O)cc2)no1. The number of carboxylic acids is 1. The largest absolute Gasteiger partial charge is 0.504 e. The third kappa shape index (κ3) is 5.83. The molecule has 3 aromatic rings. The highest BCUT2D eigenvalue weighted by atomic mass is 32.2. The number of aliphatic hydroxyl groups is 1. The number of aromatic nitrogens is 1. The van der Waals surface area contributed by atoms with Crippen LogP contribution in [0.15, 0.2) is 57.9 Å². The highest BCUT2D eigenvalue weighted by molar-refractivity contribution is 8.00. The average Bonchev–Trinajstić information content (AvgIpc) is 3.13. The number of anilines is 2. The summed E-state index contributed by atoms with van der Waals surface area (Å²) in [5.41, 5.74) is 3.33. The number of phenols is 1. The van der Waals surface area contributed by atoms with Gasteiger partial charge in [-0.15, -0.1) is 0 Å². The monoisotopic (exact) mass is 405 g/mol. The summed E-state index contributed by atoms with van der Waals surface area (Å²) in [5, 5.41) is 29.5. The number of nitrogens with one attached hydrogen (secondary N) is 2. The van der Waals surface area contributed by atoms with Gasteiger partial charge in [0.15, 0.2) is 17.3 Å². The number of rotatable bonds is 7. The molecule has 0 unspecified atom stereocenters. The van der Waals surface area contributed by atoms with Crippen LogP contribution in [0.4, 0.5) is 11.5 Å². The minimum Gasteiger partial charge on any atom is -0.504 e. The Morgan fingerprint density at radius 1 is 1.14 bits per heavy atom. The third-order valence-electron chi connectivity index (χ3n) is 3.24. The Bertz CT molecular complexity index is 914. The standard InChI is InChI=1S/C17H15N3O5S.CH4O/c1-10-8-16(19-24-10)20-26-13-5-3-12(4-6-13)18-25-15-7-2-11(17(22)23)9-14(15)21;1-2/h2-9,18,21H,1H3,(H,19,20)(H,22,23);2H,1H3. The number of nitrogens with zero attached hydrogens (tertiary/aromatic N) is 1. The quantitative estimate of drug-likeness (QED) is 0.293. The van der Waals surface area contributed by atoms with Crippen LogP contribution < -0.4 is 15.0 Å². The topological polar surface area (TPSA) is 137 Å². The number of benzene rings is 2. The van der Waals surface area contributed by atoms with Gasteiger partial charge >= 0.3 is 5.97 Å². The Balaban J connectivity index is 0.00000136. The molecule has 0 bridgehead atoms. The highest BCUT2D eigenvalue weighted by Gasteiger charge is 2.09. The highest BCUT2D eigenvalue weighted by Crippen LogP contribution is 2.28. The first-order valence-corrected chi connectivity index (χ1v) is 8.73. The first-order valence-electron chi connectivity index (χ1n) is 7.91. The van der Waals surface area contributed by atoms with Crippen molar-refractivity contribution in [3.05, 3.63) is 59.9 Å². The lowest BCUT2D eigenvalue weighted by molar-refractivity contribution is 0.0696. The Morgan fingerprint density at radius 3 is 2.43 bits per heavy atom. The van der Waals surface area contributed by atoms with E-state index < -0.39 is 5.97 Å². The molecule has 0 radical (unpaired) electrons. The molecule has 0 saturated heterocycles. The van der Waals surface area contributed by atoms with Crippen LogP contribution in [0.3, 0.4) is 0 Å². The van der Waals surface area contributed by atoms with Crippen LogP contribution in [0, 0.1) is 6.92 Å². The van der Waals surface area contributed by atoms with Gasteiger partial charge in [-0.2, -0.15) is 0 Å².